The Morgan fingerprint density at radius 1 is 1.07 bits per heavy atom. The molecule has 6 heteroatoms. The number of amides is 1. The number of nitrogens with one attached hydrogen (secondary N) is 1. The Bertz CT molecular complexity index is 955. The lowest BCUT2D eigenvalue weighted by Crippen LogP contribution is -2.34. The van der Waals surface area contributed by atoms with E-state index in [0.29, 0.717) is 0 Å². The molecule has 1 N–H and O–H groups in total. The van der Waals surface area contributed by atoms with Crippen LogP contribution < -0.4 is 5.32 Å². The summed E-state index contributed by atoms with van der Waals surface area (Å²) >= 11 is 1.44. The lowest BCUT2D eigenvalue weighted by molar-refractivity contribution is -0.121. The summed E-state index contributed by atoms with van der Waals surface area (Å²) in [6.07, 6.45) is 1.91. The SMILES string of the molecule is CCC[C@H](NC(=O)[C@@H](C)Sc1nnc(C)n1-c1ccccc1C)c1ccccc1. The number of carbonyl (C=O) groups is 1. The summed E-state index contributed by atoms with van der Waals surface area (Å²) in [6, 6.07) is 18.3. The molecule has 0 bridgehead atoms. The monoisotopic (exact) mass is 408 g/mol. The van der Waals surface area contributed by atoms with E-state index >= 15 is 0 Å². The number of aromatic nitrogens is 3. The molecule has 1 amide bonds. The van der Waals surface area contributed by atoms with Crippen LogP contribution in [0.15, 0.2) is 59.8 Å². The van der Waals surface area contributed by atoms with Crippen molar-refractivity contribution in [3.05, 3.63) is 71.5 Å². The van der Waals surface area contributed by atoms with Crippen LogP contribution in [0.5, 0.6) is 0 Å². The molecule has 5 nitrogen and oxygen atoms in total. The molecule has 2 atom stereocenters. The standard InChI is InChI=1S/C23H28N4OS/c1-5-11-20(19-13-7-6-8-14-19)24-22(28)17(3)29-23-26-25-18(4)27(23)21-15-10-9-12-16(21)2/h6-10,12-15,17,20H,5,11H2,1-4H3,(H,24,28)/t17-,20+/m1/s1. The lowest BCUT2D eigenvalue weighted by Gasteiger charge is -2.21. The van der Waals surface area contributed by atoms with Crippen LogP contribution in [-0.2, 0) is 4.79 Å². The maximum absolute atomic E-state index is 12.9. The first kappa shape index (κ1) is 21.1. The number of thioether (sulfide) groups is 1. The zero-order chi connectivity index (χ0) is 20.8. The largest absolute Gasteiger partial charge is 0.348 e. The van der Waals surface area contributed by atoms with E-state index in [2.05, 4.69) is 47.6 Å². The number of rotatable bonds is 8. The molecule has 3 aromatic rings. The molecule has 29 heavy (non-hydrogen) atoms. The van der Waals surface area contributed by atoms with E-state index in [1.807, 2.05) is 54.8 Å². The van der Waals surface area contributed by atoms with Gasteiger partial charge in [0, 0.05) is 0 Å². The highest BCUT2D eigenvalue weighted by Gasteiger charge is 2.23. The van der Waals surface area contributed by atoms with Crippen LogP contribution in [0.4, 0.5) is 0 Å². The predicted molar refractivity (Wildman–Crippen MR) is 118 cm³/mol. The summed E-state index contributed by atoms with van der Waals surface area (Å²) in [5, 5.41) is 12.2. The van der Waals surface area contributed by atoms with Gasteiger partial charge in [0.05, 0.1) is 17.0 Å². The normalized spacial score (nSPS) is 13.1. The molecular weight excluding hydrogens is 380 g/mol. The molecule has 0 saturated carbocycles. The Labute approximate surface area is 176 Å². The van der Waals surface area contributed by atoms with E-state index in [1.54, 1.807) is 0 Å². The van der Waals surface area contributed by atoms with Crippen LogP contribution in [0.25, 0.3) is 5.69 Å². The molecule has 152 valence electrons. The molecule has 2 aromatic carbocycles. The average molecular weight is 409 g/mol. The highest BCUT2D eigenvalue weighted by molar-refractivity contribution is 8.00. The summed E-state index contributed by atoms with van der Waals surface area (Å²) < 4.78 is 2.02. The Morgan fingerprint density at radius 3 is 2.45 bits per heavy atom. The maximum atomic E-state index is 12.9. The topological polar surface area (TPSA) is 59.8 Å². The summed E-state index contributed by atoms with van der Waals surface area (Å²) in [4.78, 5) is 12.9. The smallest absolute Gasteiger partial charge is 0.233 e. The Kier molecular flexibility index (Phi) is 7.09. The third-order valence-corrected chi connectivity index (χ3v) is 5.94. The maximum Gasteiger partial charge on any atom is 0.233 e. The van der Waals surface area contributed by atoms with Crippen molar-refractivity contribution in [2.75, 3.05) is 0 Å². The molecule has 0 spiro atoms. The fourth-order valence-corrected chi connectivity index (χ4v) is 4.22. The number of para-hydroxylation sites is 1. The van der Waals surface area contributed by atoms with Gasteiger partial charge in [-0.2, -0.15) is 0 Å². The summed E-state index contributed by atoms with van der Waals surface area (Å²) in [5.74, 6) is 0.817. The second kappa shape index (κ2) is 9.74. The number of aryl methyl sites for hydroxylation is 2. The van der Waals surface area contributed by atoms with E-state index in [4.69, 9.17) is 0 Å². The van der Waals surface area contributed by atoms with Crippen molar-refractivity contribution >= 4 is 17.7 Å². The van der Waals surface area contributed by atoms with Gasteiger partial charge in [-0.15, -0.1) is 10.2 Å². The average Bonchev–Trinajstić information content (AvgIpc) is 3.08. The molecule has 0 fully saturated rings. The van der Waals surface area contributed by atoms with Gasteiger partial charge in [0.2, 0.25) is 5.91 Å². The van der Waals surface area contributed by atoms with Crippen molar-refractivity contribution in [2.45, 2.75) is 57.0 Å². The van der Waals surface area contributed by atoms with Crippen molar-refractivity contribution in [3.63, 3.8) is 0 Å². The summed E-state index contributed by atoms with van der Waals surface area (Å²) in [6.45, 7) is 8.05. The van der Waals surface area contributed by atoms with Gasteiger partial charge in [-0.3, -0.25) is 9.36 Å². The molecule has 3 rings (SSSR count). The molecule has 0 aliphatic carbocycles. The zero-order valence-electron chi connectivity index (χ0n) is 17.4. The first-order valence-electron chi connectivity index (χ1n) is 10.0. The fraction of sp³-hybridized carbons (Fsp3) is 0.348. The van der Waals surface area contributed by atoms with Crippen molar-refractivity contribution in [3.8, 4) is 5.69 Å². The minimum Gasteiger partial charge on any atom is -0.348 e. The van der Waals surface area contributed by atoms with Gasteiger partial charge in [-0.05, 0) is 44.4 Å². The third kappa shape index (κ3) is 5.07. The molecule has 1 heterocycles. The van der Waals surface area contributed by atoms with Gasteiger partial charge in [0.15, 0.2) is 5.16 Å². The second-order valence-electron chi connectivity index (χ2n) is 7.17. The Hall–Kier alpha value is -2.60. The molecule has 0 unspecified atom stereocenters. The van der Waals surface area contributed by atoms with E-state index in [9.17, 15) is 4.79 Å². The fourth-order valence-electron chi connectivity index (χ4n) is 3.31. The highest BCUT2D eigenvalue weighted by atomic mass is 32.2. The number of benzene rings is 2. The first-order valence-corrected chi connectivity index (χ1v) is 10.9. The van der Waals surface area contributed by atoms with Gasteiger partial charge < -0.3 is 5.32 Å². The van der Waals surface area contributed by atoms with Gasteiger partial charge in [-0.1, -0.05) is 73.6 Å². The van der Waals surface area contributed by atoms with Crippen LogP contribution in [0, 0.1) is 13.8 Å². The third-order valence-electron chi connectivity index (χ3n) is 4.90. The minimum atomic E-state index is -0.288. The molecular formula is C23H28N4OS. The Balaban J connectivity index is 1.76. The van der Waals surface area contributed by atoms with Crippen LogP contribution in [0.1, 0.15) is 49.7 Å². The quantitative estimate of drug-likeness (QED) is 0.532. The number of nitrogens with zero attached hydrogens (tertiary/aromatic N) is 3. The molecule has 1 aromatic heterocycles. The van der Waals surface area contributed by atoms with Gasteiger partial charge in [0.25, 0.3) is 0 Å². The van der Waals surface area contributed by atoms with Gasteiger partial charge >= 0.3 is 0 Å². The Morgan fingerprint density at radius 2 is 1.76 bits per heavy atom. The van der Waals surface area contributed by atoms with E-state index in [0.717, 1.165) is 40.6 Å². The molecule has 0 aliphatic rings. The molecule has 0 saturated heterocycles. The van der Waals surface area contributed by atoms with Crippen LogP contribution in [0.2, 0.25) is 0 Å². The summed E-state index contributed by atoms with van der Waals surface area (Å²) in [7, 11) is 0. The second-order valence-corrected chi connectivity index (χ2v) is 8.48. The molecule has 0 aliphatic heterocycles. The van der Waals surface area contributed by atoms with E-state index < -0.39 is 0 Å². The van der Waals surface area contributed by atoms with Gasteiger partial charge in [0.1, 0.15) is 5.82 Å². The number of carbonyl (C=O) groups excluding carboxylic acids is 1. The van der Waals surface area contributed by atoms with Crippen molar-refractivity contribution < 1.29 is 4.79 Å². The minimum absolute atomic E-state index is 0.00860. The van der Waals surface area contributed by atoms with Crippen LogP contribution in [0.3, 0.4) is 0 Å². The lowest BCUT2D eigenvalue weighted by atomic mass is 10.0. The number of hydrogen-bond donors (Lipinski definition) is 1. The predicted octanol–water partition coefficient (Wildman–Crippen LogP) is 5.02. The molecule has 0 radical (unpaired) electrons. The van der Waals surface area contributed by atoms with Crippen molar-refractivity contribution in [1.82, 2.24) is 20.1 Å². The van der Waals surface area contributed by atoms with Crippen LogP contribution in [-0.4, -0.2) is 25.9 Å². The van der Waals surface area contributed by atoms with E-state index in [1.165, 1.54) is 11.8 Å². The summed E-state index contributed by atoms with van der Waals surface area (Å²) in [5.41, 5.74) is 3.32. The van der Waals surface area contributed by atoms with Crippen LogP contribution >= 0.6 is 11.8 Å². The number of hydrogen-bond acceptors (Lipinski definition) is 4. The zero-order valence-corrected chi connectivity index (χ0v) is 18.2. The van der Waals surface area contributed by atoms with E-state index in [-0.39, 0.29) is 17.2 Å². The highest BCUT2D eigenvalue weighted by Crippen LogP contribution is 2.28. The van der Waals surface area contributed by atoms with Gasteiger partial charge in [-0.25, -0.2) is 0 Å². The first-order chi connectivity index (χ1) is 14.0. The van der Waals surface area contributed by atoms with Crippen molar-refractivity contribution in [2.24, 2.45) is 0 Å². The van der Waals surface area contributed by atoms with Crippen molar-refractivity contribution in [1.29, 1.82) is 0 Å².